The lowest BCUT2D eigenvalue weighted by Crippen LogP contribution is -2.30. The Balaban J connectivity index is 1.88. The maximum absolute atomic E-state index is 13.9. The van der Waals surface area contributed by atoms with Gasteiger partial charge in [-0.1, -0.05) is 17.7 Å². The van der Waals surface area contributed by atoms with E-state index in [1.807, 2.05) is 12.1 Å². The summed E-state index contributed by atoms with van der Waals surface area (Å²) in [6.45, 7) is 4.17. The molecule has 0 radical (unpaired) electrons. The minimum atomic E-state index is -1.45. The second-order valence-corrected chi connectivity index (χ2v) is 7.84. The summed E-state index contributed by atoms with van der Waals surface area (Å²) in [5, 5.41) is 9.53. The summed E-state index contributed by atoms with van der Waals surface area (Å²) >= 11 is 6.17. The highest BCUT2D eigenvalue weighted by atomic mass is 35.5. The summed E-state index contributed by atoms with van der Waals surface area (Å²) < 4.78 is 24.5. The lowest BCUT2D eigenvalue weighted by molar-refractivity contribution is 0.120. The van der Waals surface area contributed by atoms with Crippen LogP contribution in [0.15, 0.2) is 36.4 Å². The van der Waals surface area contributed by atoms with Gasteiger partial charge in [0, 0.05) is 34.9 Å². The molecule has 1 N–H and O–H groups in total. The molecule has 2 aromatic carbocycles. The number of benzene rings is 2. The zero-order chi connectivity index (χ0) is 20.3. The SMILES string of the molecule is CC(C)(F)COc1ccc(Cl)cc1CN1CCCc2c(OC(=O)O)cccc21. The predicted molar refractivity (Wildman–Crippen MR) is 107 cm³/mol. The second kappa shape index (κ2) is 8.27. The van der Waals surface area contributed by atoms with Gasteiger partial charge in [0.1, 0.15) is 23.8 Å². The van der Waals surface area contributed by atoms with Crippen LogP contribution in [0.3, 0.4) is 0 Å². The average molecular weight is 408 g/mol. The summed E-state index contributed by atoms with van der Waals surface area (Å²) in [6, 6.07) is 10.7. The number of rotatable bonds is 6. The van der Waals surface area contributed by atoms with Crippen molar-refractivity contribution in [3.05, 3.63) is 52.5 Å². The molecule has 0 aliphatic carbocycles. The number of carboxylic acid groups (broad SMARTS) is 1. The Bertz CT molecular complexity index is 866. The maximum atomic E-state index is 13.9. The van der Waals surface area contributed by atoms with Gasteiger partial charge in [0.05, 0.1) is 0 Å². The van der Waals surface area contributed by atoms with Crippen molar-refractivity contribution in [1.82, 2.24) is 0 Å². The van der Waals surface area contributed by atoms with Crippen molar-refractivity contribution in [2.75, 3.05) is 18.1 Å². The van der Waals surface area contributed by atoms with Crippen LogP contribution in [0, 0.1) is 0 Å². The Kier molecular flexibility index (Phi) is 5.98. The molecule has 7 heteroatoms. The van der Waals surface area contributed by atoms with E-state index in [2.05, 4.69) is 4.90 Å². The van der Waals surface area contributed by atoms with Crippen LogP contribution in [-0.2, 0) is 13.0 Å². The van der Waals surface area contributed by atoms with Crippen LogP contribution in [0.1, 0.15) is 31.4 Å². The van der Waals surface area contributed by atoms with Crippen molar-refractivity contribution in [3.8, 4) is 11.5 Å². The standard InChI is InChI=1S/C21H23ClFNO4/c1-21(2,23)13-27-18-9-8-15(22)11-14(18)12-24-10-4-5-16-17(24)6-3-7-19(16)28-20(25)26/h3,6-9,11H,4-5,10,12-13H2,1-2H3,(H,25,26). The molecule has 1 aliphatic heterocycles. The molecular weight excluding hydrogens is 385 g/mol. The van der Waals surface area contributed by atoms with Crippen LogP contribution in [0.5, 0.6) is 11.5 Å². The van der Waals surface area contributed by atoms with E-state index < -0.39 is 11.8 Å². The summed E-state index contributed by atoms with van der Waals surface area (Å²) in [6.07, 6.45) is 0.274. The molecule has 0 saturated heterocycles. The van der Waals surface area contributed by atoms with E-state index >= 15 is 0 Å². The molecule has 1 aliphatic rings. The maximum Gasteiger partial charge on any atom is 0.511 e. The molecule has 0 aromatic heterocycles. The molecule has 3 rings (SSSR count). The van der Waals surface area contributed by atoms with E-state index in [-0.39, 0.29) is 6.61 Å². The molecule has 1 heterocycles. The Hall–Kier alpha value is -2.47. The molecule has 0 bridgehead atoms. The summed E-state index contributed by atoms with van der Waals surface area (Å²) in [4.78, 5) is 13.1. The van der Waals surface area contributed by atoms with Crippen LogP contribution in [0.4, 0.5) is 14.9 Å². The molecule has 150 valence electrons. The molecule has 0 fully saturated rings. The van der Waals surface area contributed by atoms with Crippen LogP contribution < -0.4 is 14.4 Å². The molecule has 28 heavy (non-hydrogen) atoms. The molecule has 0 amide bonds. The number of halogens is 2. The van der Waals surface area contributed by atoms with E-state index in [4.69, 9.17) is 26.2 Å². The van der Waals surface area contributed by atoms with Crippen molar-refractivity contribution in [3.63, 3.8) is 0 Å². The molecule has 0 unspecified atom stereocenters. The number of hydrogen-bond acceptors (Lipinski definition) is 4. The Morgan fingerprint density at radius 2 is 2.07 bits per heavy atom. The molecule has 0 spiro atoms. The van der Waals surface area contributed by atoms with Crippen LogP contribution in [-0.4, -0.2) is 30.1 Å². The summed E-state index contributed by atoms with van der Waals surface area (Å²) in [5.41, 5.74) is 1.18. The van der Waals surface area contributed by atoms with Gasteiger partial charge in [0.15, 0.2) is 0 Å². The summed E-state index contributed by atoms with van der Waals surface area (Å²) in [5.74, 6) is 0.941. The summed E-state index contributed by atoms with van der Waals surface area (Å²) in [7, 11) is 0. The van der Waals surface area contributed by atoms with Gasteiger partial charge in [-0.25, -0.2) is 9.18 Å². The number of ether oxygens (including phenoxy) is 2. The number of nitrogens with zero attached hydrogens (tertiary/aromatic N) is 1. The van der Waals surface area contributed by atoms with E-state index in [0.29, 0.717) is 23.1 Å². The van der Waals surface area contributed by atoms with Crippen molar-refractivity contribution in [2.45, 2.75) is 38.9 Å². The first-order valence-corrected chi connectivity index (χ1v) is 9.48. The van der Waals surface area contributed by atoms with E-state index in [0.717, 1.165) is 36.2 Å². The third-order valence-electron chi connectivity index (χ3n) is 4.46. The van der Waals surface area contributed by atoms with Crippen molar-refractivity contribution < 1.29 is 23.8 Å². The average Bonchev–Trinajstić information content (AvgIpc) is 2.60. The number of alkyl halides is 1. The lowest BCUT2D eigenvalue weighted by atomic mass is 9.99. The zero-order valence-corrected chi connectivity index (χ0v) is 16.6. The second-order valence-electron chi connectivity index (χ2n) is 7.41. The largest absolute Gasteiger partial charge is 0.511 e. The smallest absolute Gasteiger partial charge is 0.490 e. The third-order valence-corrected chi connectivity index (χ3v) is 4.69. The Morgan fingerprint density at radius 3 is 2.79 bits per heavy atom. The fourth-order valence-corrected chi connectivity index (χ4v) is 3.48. The van der Waals surface area contributed by atoms with Gasteiger partial charge in [-0.05, 0) is 57.0 Å². The predicted octanol–water partition coefficient (Wildman–Crippen LogP) is 5.48. The van der Waals surface area contributed by atoms with Gasteiger partial charge in [-0.15, -0.1) is 0 Å². The number of fused-ring (bicyclic) bond motifs is 1. The molecule has 5 nitrogen and oxygen atoms in total. The van der Waals surface area contributed by atoms with Crippen molar-refractivity contribution in [2.24, 2.45) is 0 Å². The van der Waals surface area contributed by atoms with Gasteiger partial charge < -0.3 is 19.5 Å². The van der Waals surface area contributed by atoms with E-state index in [1.54, 1.807) is 24.3 Å². The van der Waals surface area contributed by atoms with Crippen molar-refractivity contribution >= 4 is 23.4 Å². The van der Waals surface area contributed by atoms with Gasteiger partial charge in [0.2, 0.25) is 0 Å². The first kappa shape index (κ1) is 20.3. The number of carbonyl (C=O) groups is 1. The molecule has 2 aromatic rings. The van der Waals surface area contributed by atoms with Crippen LogP contribution in [0.25, 0.3) is 0 Å². The first-order valence-electron chi connectivity index (χ1n) is 9.11. The van der Waals surface area contributed by atoms with E-state index in [9.17, 15) is 9.18 Å². The fraction of sp³-hybridized carbons (Fsp3) is 0.381. The lowest BCUT2D eigenvalue weighted by Gasteiger charge is -2.32. The Morgan fingerprint density at radius 1 is 1.29 bits per heavy atom. The normalized spacial score (nSPS) is 13.8. The molecule has 0 saturated carbocycles. The zero-order valence-electron chi connectivity index (χ0n) is 15.9. The van der Waals surface area contributed by atoms with Gasteiger partial charge in [-0.2, -0.15) is 0 Å². The van der Waals surface area contributed by atoms with Gasteiger partial charge in [0.25, 0.3) is 0 Å². The van der Waals surface area contributed by atoms with Gasteiger partial charge >= 0.3 is 6.16 Å². The number of anilines is 1. The minimum absolute atomic E-state index is 0.0607. The third kappa shape index (κ3) is 5.07. The molecular formula is C21H23ClFNO4. The first-order chi connectivity index (χ1) is 13.2. The monoisotopic (exact) mass is 407 g/mol. The van der Waals surface area contributed by atoms with Crippen LogP contribution in [0.2, 0.25) is 5.02 Å². The van der Waals surface area contributed by atoms with Crippen LogP contribution >= 0.6 is 11.6 Å². The van der Waals surface area contributed by atoms with Crippen molar-refractivity contribution in [1.29, 1.82) is 0 Å². The quantitative estimate of drug-likeness (QED) is 0.507. The highest BCUT2D eigenvalue weighted by molar-refractivity contribution is 6.30. The minimum Gasteiger partial charge on any atom is -0.490 e. The topological polar surface area (TPSA) is 59.0 Å². The number of hydrogen-bond donors (Lipinski definition) is 1. The Labute approximate surface area is 168 Å². The highest BCUT2D eigenvalue weighted by Crippen LogP contribution is 2.36. The highest BCUT2D eigenvalue weighted by Gasteiger charge is 2.23. The fourth-order valence-electron chi connectivity index (χ4n) is 3.29. The van der Waals surface area contributed by atoms with Gasteiger partial charge in [-0.3, -0.25) is 0 Å². The van der Waals surface area contributed by atoms with E-state index in [1.165, 1.54) is 13.8 Å². The molecule has 0 atom stereocenters.